The van der Waals surface area contributed by atoms with E-state index in [0.717, 1.165) is 16.3 Å². The summed E-state index contributed by atoms with van der Waals surface area (Å²) >= 11 is 3.14. The molecule has 0 saturated carbocycles. The number of thioether (sulfide) groups is 2. The summed E-state index contributed by atoms with van der Waals surface area (Å²) in [7, 11) is 0. The number of ether oxygens (including phenoxy) is 1. The van der Waals surface area contributed by atoms with Crippen molar-refractivity contribution >= 4 is 52.7 Å². The molecule has 2 aromatic carbocycles. The number of nitrogens with zero attached hydrogens (tertiary/aromatic N) is 5. The molecule has 0 unspecified atom stereocenters. The number of para-hydroxylation sites is 2. The summed E-state index contributed by atoms with van der Waals surface area (Å²) in [6.07, 6.45) is 8.35. The van der Waals surface area contributed by atoms with E-state index >= 15 is 0 Å². The van der Waals surface area contributed by atoms with Crippen LogP contribution in [0.3, 0.4) is 0 Å². The van der Waals surface area contributed by atoms with Gasteiger partial charge in [0.2, 0.25) is 17.8 Å². The number of amides is 1. The largest absolute Gasteiger partial charge is 0.378 e. The number of hydrogen-bond acceptors (Lipinski definition) is 9. The van der Waals surface area contributed by atoms with Crippen LogP contribution >= 0.6 is 23.5 Å². The van der Waals surface area contributed by atoms with Crippen LogP contribution in [0.4, 0.5) is 23.3 Å². The standard InChI is InChI=1S/C27H26N6O2S2/c34-24(33-20-10-4-6-12-22(20)37-23-13-7-5-11-21(23)33)18-36-27-30-25(28-19-8-2-1-3-9-19)29-26(31-27)32-14-16-35-17-15-32/h1-13,20,22H,14-18H2,(H,28,29,30,31)/t20-,22-/m0/s1. The lowest BCUT2D eigenvalue weighted by Crippen LogP contribution is -2.48. The molecule has 10 heteroatoms. The Bertz CT molecular complexity index is 1330. The molecule has 2 aliphatic heterocycles. The molecule has 3 aromatic rings. The van der Waals surface area contributed by atoms with Crippen molar-refractivity contribution in [3.63, 3.8) is 0 Å². The average molecular weight is 531 g/mol. The predicted molar refractivity (Wildman–Crippen MR) is 149 cm³/mol. The molecular formula is C27H26N6O2S2. The topological polar surface area (TPSA) is 83.5 Å². The molecule has 0 bridgehead atoms. The Morgan fingerprint density at radius 3 is 2.65 bits per heavy atom. The number of carbonyl (C=O) groups is 1. The Morgan fingerprint density at radius 1 is 1.00 bits per heavy atom. The molecular weight excluding hydrogens is 504 g/mol. The van der Waals surface area contributed by atoms with Gasteiger partial charge in [-0.2, -0.15) is 15.0 Å². The van der Waals surface area contributed by atoms with Gasteiger partial charge in [0.05, 0.1) is 35.9 Å². The third kappa shape index (κ3) is 5.36. The van der Waals surface area contributed by atoms with Crippen molar-refractivity contribution in [2.75, 3.05) is 47.2 Å². The normalized spacial score (nSPS) is 20.3. The number of allylic oxidation sites excluding steroid dienone is 2. The monoisotopic (exact) mass is 530 g/mol. The maximum atomic E-state index is 13.7. The SMILES string of the molecule is O=C(CSc1nc(Nc2ccccc2)nc(N2CCOCC2)n1)N1c2ccccc2S[C@H]2C=CC=C[C@@H]21. The molecule has 37 heavy (non-hydrogen) atoms. The summed E-state index contributed by atoms with van der Waals surface area (Å²) in [5, 5.41) is 3.98. The van der Waals surface area contributed by atoms with Crippen LogP contribution in [0, 0.1) is 0 Å². The Balaban J connectivity index is 1.25. The molecule has 188 valence electrons. The molecule has 1 aromatic heterocycles. The fourth-order valence-corrected chi connectivity index (χ4v) is 6.45. The maximum absolute atomic E-state index is 13.7. The van der Waals surface area contributed by atoms with Crippen LogP contribution in [-0.2, 0) is 9.53 Å². The Labute approximate surface area is 224 Å². The summed E-state index contributed by atoms with van der Waals surface area (Å²) in [6.45, 7) is 2.68. The quantitative estimate of drug-likeness (QED) is 0.462. The van der Waals surface area contributed by atoms with Gasteiger partial charge in [-0.3, -0.25) is 4.79 Å². The molecule has 3 aliphatic rings. The summed E-state index contributed by atoms with van der Waals surface area (Å²) in [5.74, 6) is 1.29. The van der Waals surface area contributed by atoms with Gasteiger partial charge in [0.1, 0.15) is 0 Å². The van der Waals surface area contributed by atoms with Gasteiger partial charge in [0.25, 0.3) is 0 Å². The highest BCUT2D eigenvalue weighted by molar-refractivity contribution is 8.00. The highest BCUT2D eigenvalue weighted by Gasteiger charge is 2.36. The number of anilines is 4. The number of morpholine rings is 1. The van der Waals surface area contributed by atoms with Crippen LogP contribution in [0.1, 0.15) is 0 Å². The first-order valence-electron chi connectivity index (χ1n) is 12.2. The van der Waals surface area contributed by atoms with E-state index < -0.39 is 0 Å². The van der Waals surface area contributed by atoms with Crippen molar-refractivity contribution in [1.82, 2.24) is 15.0 Å². The molecule has 0 radical (unpaired) electrons. The van der Waals surface area contributed by atoms with E-state index in [1.807, 2.05) is 59.5 Å². The second kappa shape index (κ2) is 11.0. The number of rotatable bonds is 6. The van der Waals surface area contributed by atoms with Crippen LogP contribution in [0.15, 0.2) is 89.0 Å². The third-order valence-electron chi connectivity index (χ3n) is 6.26. The lowest BCUT2D eigenvalue weighted by atomic mass is 10.0. The molecule has 0 spiro atoms. The van der Waals surface area contributed by atoms with E-state index in [-0.39, 0.29) is 23.0 Å². The molecule has 1 N–H and O–H groups in total. The van der Waals surface area contributed by atoms with Gasteiger partial charge in [-0.05, 0) is 24.3 Å². The van der Waals surface area contributed by atoms with Gasteiger partial charge >= 0.3 is 0 Å². The molecule has 6 rings (SSSR count). The van der Waals surface area contributed by atoms with Crippen LogP contribution < -0.4 is 15.1 Å². The summed E-state index contributed by atoms with van der Waals surface area (Å²) in [4.78, 5) is 32.8. The summed E-state index contributed by atoms with van der Waals surface area (Å²) in [5.41, 5.74) is 1.84. The first kappa shape index (κ1) is 24.0. The number of hydrogen-bond donors (Lipinski definition) is 1. The Kier molecular flexibility index (Phi) is 7.11. The number of aromatic nitrogens is 3. The predicted octanol–water partition coefficient (Wildman–Crippen LogP) is 4.55. The van der Waals surface area contributed by atoms with E-state index in [4.69, 9.17) is 9.72 Å². The number of carbonyl (C=O) groups excluding carboxylic acids is 1. The maximum Gasteiger partial charge on any atom is 0.238 e. The van der Waals surface area contributed by atoms with E-state index in [2.05, 4.69) is 44.5 Å². The van der Waals surface area contributed by atoms with Crippen molar-refractivity contribution in [1.29, 1.82) is 0 Å². The fraction of sp³-hybridized carbons (Fsp3) is 0.259. The fourth-order valence-electron chi connectivity index (χ4n) is 4.50. The highest BCUT2D eigenvalue weighted by Crippen LogP contribution is 2.43. The number of fused-ring (bicyclic) bond motifs is 2. The van der Waals surface area contributed by atoms with Gasteiger partial charge in [-0.1, -0.05) is 66.4 Å². The molecule has 1 saturated heterocycles. The second-order valence-corrected chi connectivity index (χ2v) is 10.9. The first-order valence-corrected chi connectivity index (χ1v) is 14.1. The van der Waals surface area contributed by atoms with E-state index in [1.165, 1.54) is 11.8 Å². The van der Waals surface area contributed by atoms with Crippen molar-refractivity contribution in [3.05, 3.63) is 78.9 Å². The smallest absolute Gasteiger partial charge is 0.238 e. The second-order valence-electron chi connectivity index (χ2n) is 8.70. The minimum atomic E-state index is -0.0180. The Morgan fingerprint density at radius 2 is 1.78 bits per heavy atom. The van der Waals surface area contributed by atoms with Crippen molar-refractivity contribution in [2.24, 2.45) is 0 Å². The number of nitrogens with one attached hydrogen (secondary N) is 1. The van der Waals surface area contributed by atoms with Crippen molar-refractivity contribution in [3.8, 4) is 0 Å². The van der Waals surface area contributed by atoms with Crippen molar-refractivity contribution in [2.45, 2.75) is 21.3 Å². The molecule has 2 atom stereocenters. The van der Waals surface area contributed by atoms with Gasteiger partial charge in [0.15, 0.2) is 5.16 Å². The molecule has 1 aliphatic carbocycles. The van der Waals surface area contributed by atoms with Gasteiger partial charge in [-0.15, -0.1) is 11.8 Å². The van der Waals surface area contributed by atoms with Crippen LogP contribution in [0.25, 0.3) is 0 Å². The van der Waals surface area contributed by atoms with Crippen molar-refractivity contribution < 1.29 is 9.53 Å². The van der Waals surface area contributed by atoms with Crippen LogP contribution in [-0.4, -0.2) is 64.2 Å². The minimum absolute atomic E-state index is 0.0180. The lowest BCUT2D eigenvalue weighted by Gasteiger charge is -2.40. The van der Waals surface area contributed by atoms with Gasteiger partial charge in [-0.25, -0.2) is 0 Å². The van der Waals surface area contributed by atoms with E-state index in [1.54, 1.807) is 11.8 Å². The number of benzene rings is 2. The average Bonchev–Trinajstić information content (AvgIpc) is 2.95. The zero-order valence-corrected chi connectivity index (χ0v) is 21.7. The first-order chi connectivity index (χ1) is 18.2. The lowest BCUT2D eigenvalue weighted by molar-refractivity contribution is -0.116. The van der Waals surface area contributed by atoms with Gasteiger partial charge < -0.3 is 19.9 Å². The Hall–Kier alpha value is -3.34. The zero-order valence-electron chi connectivity index (χ0n) is 20.1. The summed E-state index contributed by atoms with van der Waals surface area (Å²) in [6, 6.07) is 17.9. The zero-order chi connectivity index (χ0) is 25.0. The molecule has 8 nitrogen and oxygen atoms in total. The van der Waals surface area contributed by atoms with E-state index in [9.17, 15) is 4.79 Å². The van der Waals surface area contributed by atoms with Crippen LogP contribution in [0.5, 0.6) is 0 Å². The van der Waals surface area contributed by atoms with Crippen LogP contribution in [0.2, 0.25) is 0 Å². The molecule has 1 fully saturated rings. The minimum Gasteiger partial charge on any atom is -0.378 e. The summed E-state index contributed by atoms with van der Waals surface area (Å²) < 4.78 is 5.50. The highest BCUT2D eigenvalue weighted by atomic mass is 32.2. The molecule has 1 amide bonds. The van der Waals surface area contributed by atoms with Gasteiger partial charge in [0, 0.05) is 23.7 Å². The molecule has 3 heterocycles. The van der Waals surface area contributed by atoms with E-state index in [0.29, 0.717) is 43.4 Å². The third-order valence-corrected chi connectivity index (χ3v) is 8.40.